The minimum Gasteiger partial charge on any atom is -0.343 e. The van der Waals surface area contributed by atoms with Gasteiger partial charge in [0.05, 0.1) is 4.53 Å². The Hall–Kier alpha value is -1.65. The highest BCUT2D eigenvalue weighted by molar-refractivity contribution is 7.03. The van der Waals surface area contributed by atoms with Gasteiger partial charge in [0, 0.05) is 36.4 Å². The molecule has 1 aromatic carbocycles. The molecule has 0 saturated heterocycles. The van der Waals surface area contributed by atoms with Crippen LogP contribution in [0, 0.1) is 0 Å². The van der Waals surface area contributed by atoms with Crippen LogP contribution in [-0.4, -0.2) is 10.9 Å². The van der Waals surface area contributed by atoms with Crippen LogP contribution in [0.1, 0.15) is 5.56 Å². The Kier molecular flexibility index (Phi) is 2.66. The largest absolute Gasteiger partial charge is 0.343 e. The van der Waals surface area contributed by atoms with Gasteiger partial charge in [-0.25, -0.2) is 0 Å². The van der Waals surface area contributed by atoms with Crippen LogP contribution in [0.3, 0.4) is 0 Å². The van der Waals surface area contributed by atoms with Crippen LogP contribution in [0.15, 0.2) is 30.5 Å². The first-order valence-electron chi connectivity index (χ1n) is 5.55. The first-order chi connectivity index (χ1) is 8.36. The van der Waals surface area contributed by atoms with E-state index in [4.69, 9.17) is 5.73 Å². The quantitative estimate of drug-likeness (QED) is 0.841. The summed E-state index contributed by atoms with van der Waals surface area (Å²) in [4.78, 5) is 2.22. The van der Waals surface area contributed by atoms with Gasteiger partial charge in [-0.15, -0.1) is 0 Å². The van der Waals surface area contributed by atoms with Crippen LogP contribution >= 0.6 is 11.5 Å². The molecule has 4 heteroatoms. The number of anilines is 1. The lowest BCUT2D eigenvalue weighted by atomic mass is 10.2. The molecule has 3 rings (SSSR count). The van der Waals surface area contributed by atoms with E-state index in [1.54, 1.807) is 11.5 Å². The Morgan fingerprint density at radius 2 is 2.12 bits per heavy atom. The van der Waals surface area contributed by atoms with Crippen molar-refractivity contribution in [1.29, 1.82) is 0 Å². The molecule has 2 heterocycles. The molecule has 0 aliphatic carbocycles. The van der Waals surface area contributed by atoms with Crippen molar-refractivity contribution in [2.45, 2.75) is 6.54 Å². The second-order valence-corrected chi connectivity index (χ2v) is 4.83. The van der Waals surface area contributed by atoms with E-state index in [0.717, 1.165) is 12.1 Å². The molecule has 0 unspecified atom stereocenters. The number of hydrogen-bond acceptors (Lipinski definition) is 4. The summed E-state index contributed by atoms with van der Waals surface area (Å²) in [7, 11) is 0. The van der Waals surface area contributed by atoms with Crippen molar-refractivity contribution in [3.63, 3.8) is 0 Å². The standard InChI is InChI=1S/C13H13N3S/c14-7-10-1-3-12(4-2-10)16-6-5-13-11(9-16)8-15-17-13/h1-5,8-9H,6-7,14H2. The second kappa shape index (κ2) is 4.31. The summed E-state index contributed by atoms with van der Waals surface area (Å²) in [6, 6.07) is 8.36. The summed E-state index contributed by atoms with van der Waals surface area (Å²) in [5.41, 5.74) is 7.94. The van der Waals surface area contributed by atoms with Gasteiger partial charge < -0.3 is 10.6 Å². The van der Waals surface area contributed by atoms with Crippen molar-refractivity contribution in [2.75, 3.05) is 11.4 Å². The van der Waals surface area contributed by atoms with Gasteiger partial charge in [0.2, 0.25) is 0 Å². The van der Waals surface area contributed by atoms with Gasteiger partial charge in [-0.05, 0) is 35.3 Å². The highest BCUT2D eigenvalue weighted by Gasteiger charge is 2.06. The molecule has 0 amide bonds. The van der Waals surface area contributed by atoms with Crippen molar-refractivity contribution in [2.24, 2.45) is 5.73 Å². The van der Waals surface area contributed by atoms with Crippen LogP contribution in [0.2, 0.25) is 0 Å². The minimum atomic E-state index is 0.592. The van der Waals surface area contributed by atoms with E-state index in [9.17, 15) is 0 Å². The number of nitrogens with two attached hydrogens (primary N) is 1. The van der Waals surface area contributed by atoms with Gasteiger partial charge >= 0.3 is 0 Å². The predicted molar refractivity (Wildman–Crippen MR) is 72.0 cm³/mol. The SMILES string of the molecule is NCc1ccc(N2C=c3cnsc3=CC2)cc1. The number of aromatic nitrogens is 1. The molecule has 0 bridgehead atoms. The van der Waals surface area contributed by atoms with Gasteiger partial charge in [-0.2, -0.15) is 4.37 Å². The third-order valence-electron chi connectivity index (χ3n) is 2.90. The molecule has 86 valence electrons. The number of fused-ring (bicyclic) bond motifs is 1. The monoisotopic (exact) mass is 243 g/mol. The zero-order valence-electron chi connectivity index (χ0n) is 9.34. The number of hydrogen-bond donors (Lipinski definition) is 1. The minimum absolute atomic E-state index is 0.592. The Bertz CT molecular complexity index is 627. The summed E-state index contributed by atoms with van der Waals surface area (Å²) < 4.78 is 5.46. The molecule has 0 radical (unpaired) electrons. The number of rotatable bonds is 2. The van der Waals surface area contributed by atoms with E-state index in [1.807, 2.05) is 6.20 Å². The molecule has 0 saturated carbocycles. The van der Waals surface area contributed by atoms with Gasteiger partial charge in [0.1, 0.15) is 0 Å². The maximum atomic E-state index is 5.59. The van der Waals surface area contributed by atoms with Crippen molar-refractivity contribution in [1.82, 2.24) is 4.37 Å². The molecule has 17 heavy (non-hydrogen) atoms. The van der Waals surface area contributed by atoms with E-state index >= 15 is 0 Å². The maximum absolute atomic E-state index is 5.59. The molecule has 1 aromatic heterocycles. The normalized spacial score (nSPS) is 13.8. The van der Waals surface area contributed by atoms with Crippen LogP contribution in [0.4, 0.5) is 5.69 Å². The molecule has 1 aliphatic rings. The molecular formula is C13H13N3S. The first kappa shape index (κ1) is 10.5. The van der Waals surface area contributed by atoms with E-state index < -0.39 is 0 Å². The average Bonchev–Trinajstić information content (AvgIpc) is 2.86. The Morgan fingerprint density at radius 3 is 2.88 bits per heavy atom. The second-order valence-electron chi connectivity index (χ2n) is 4.00. The highest BCUT2D eigenvalue weighted by Crippen LogP contribution is 2.16. The van der Waals surface area contributed by atoms with Crippen LogP contribution < -0.4 is 20.4 Å². The summed E-state index contributed by atoms with van der Waals surface area (Å²) in [5, 5.41) is 1.20. The van der Waals surface area contributed by atoms with E-state index in [-0.39, 0.29) is 0 Å². The molecule has 0 atom stereocenters. The number of benzene rings is 1. The van der Waals surface area contributed by atoms with Crippen molar-refractivity contribution in [3.8, 4) is 0 Å². The van der Waals surface area contributed by atoms with Gasteiger partial charge in [0.15, 0.2) is 0 Å². The third-order valence-corrected chi connectivity index (χ3v) is 3.71. The van der Waals surface area contributed by atoms with Crippen molar-refractivity contribution < 1.29 is 0 Å². The summed E-state index contributed by atoms with van der Waals surface area (Å²) in [6.07, 6.45) is 6.27. The fourth-order valence-corrected chi connectivity index (χ4v) is 2.55. The molecule has 2 N–H and O–H groups in total. The Labute approximate surface area is 104 Å². The molecule has 2 aromatic rings. The molecule has 0 fully saturated rings. The smallest absolute Gasteiger partial charge is 0.0542 e. The lowest BCUT2D eigenvalue weighted by Gasteiger charge is -2.20. The Balaban J connectivity index is 1.96. The zero-order valence-corrected chi connectivity index (χ0v) is 10.2. The van der Waals surface area contributed by atoms with Crippen LogP contribution in [-0.2, 0) is 6.54 Å². The lowest BCUT2D eigenvalue weighted by Crippen LogP contribution is -2.32. The van der Waals surface area contributed by atoms with E-state index in [0.29, 0.717) is 6.54 Å². The summed E-state index contributed by atoms with van der Waals surface area (Å²) in [5.74, 6) is 0. The molecular weight excluding hydrogens is 230 g/mol. The molecule has 1 aliphatic heterocycles. The van der Waals surface area contributed by atoms with Crippen LogP contribution in [0.25, 0.3) is 12.3 Å². The fourth-order valence-electron chi connectivity index (χ4n) is 1.91. The van der Waals surface area contributed by atoms with Gasteiger partial charge in [0.25, 0.3) is 0 Å². The topological polar surface area (TPSA) is 42.1 Å². The zero-order chi connectivity index (χ0) is 11.7. The summed E-state index contributed by atoms with van der Waals surface area (Å²) >= 11 is 1.55. The maximum Gasteiger partial charge on any atom is 0.0542 e. The predicted octanol–water partition coefficient (Wildman–Crippen LogP) is 0.640. The third kappa shape index (κ3) is 1.97. The molecule has 3 nitrogen and oxygen atoms in total. The average molecular weight is 243 g/mol. The lowest BCUT2D eigenvalue weighted by molar-refractivity contribution is 1.07. The van der Waals surface area contributed by atoms with E-state index in [2.05, 4.69) is 45.8 Å². The van der Waals surface area contributed by atoms with Crippen molar-refractivity contribution in [3.05, 3.63) is 45.8 Å². The molecule has 0 spiro atoms. The van der Waals surface area contributed by atoms with E-state index in [1.165, 1.54) is 15.4 Å². The van der Waals surface area contributed by atoms with Gasteiger partial charge in [-0.3, -0.25) is 0 Å². The number of nitrogens with zero attached hydrogens (tertiary/aromatic N) is 2. The fraction of sp³-hybridized carbons (Fsp3) is 0.154. The Morgan fingerprint density at radius 1 is 1.29 bits per heavy atom. The highest BCUT2D eigenvalue weighted by atomic mass is 32.1. The van der Waals surface area contributed by atoms with Crippen LogP contribution in [0.5, 0.6) is 0 Å². The first-order valence-corrected chi connectivity index (χ1v) is 6.32. The van der Waals surface area contributed by atoms with Gasteiger partial charge in [-0.1, -0.05) is 12.1 Å². The van der Waals surface area contributed by atoms with Crippen molar-refractivity contribution >= 4 is 29.5 Å². The summed E-state index contributed by atoms with van der Waals surface area (Å²) in [6.45, 7) is 1.49.